The van der Waals surface area contributed by atoms with Crippen LogP contribution in [0.5, 0.6) is 17.4 Å². The van der Waals surface area contributed by atoms with E-state index in [9.17, 15) is 4.79 Å². The monoisotopic (exact) mass is 367 g/mol. The van der Waals surface area contributed by atoms with Crippen LogP contribution < -0.4 is 9.47 Å². The third-order valence-electron chi connectivity index (χ3n) is 4.06. The summed E-state index contributed by atoms with van der Waals surface area (Å²) >= 11 is 1.60. The van der Waals surface area contributed by atoms with Crippen LogP contribution in [0.3, 0.4) is 0 Å². The van der Waals surface area contributed by atoms with Crippen LogP contribution in [-0.2, 0) is 17.8 Å². The summed E-state index contributed by atoms with van der Waals surface area (Å²) in [4.78, 5) is 23.8. The minimum Gasteiger partial charge on any atom is -0.484 e. The summed E-state index contributed by atoms with van der Waals surface area (Å²) in [7, 11) is 0. The number of aromatic nitrogens is 2. The van der Waals surface area contributed by atoms with Gasteiger partial charge in [0.05, 0.1) is 17.7 Å². The fourth-order valence-electron chi connectivity index (χ4n) is 2.72. The number of amides is 1. The van der Waals surface area contributed by atoms with Crippen LogP contribution >= 0.6 is 11.3 Å². The Morgan fingerprint density at radius 2 is 2.08 bits per heavy atom. The van der Waals surface area contributed by atoms with E-state index >= 15 is 0 Å². The van der Waals surface area contributed by atoms with Crippen molar-refractivity contribution in [1.82, 2.24) is 14.9 Å². The number of carbonyl (C=O) groups excluding carboxylic acids is 1. The number of hydrogen-bond donors (Lipinski definition) is 0. The van der Waals surface area contributed by atoms with E-state index in [4.69, 9.17) is 9.47 Å². The van der Waals surface area contributed by atoms with E-state index in [1.165, 1.54) is 0 Å². The first kappa shape index (κ1) is 16.5. The van der Waals surface area contributed by atoms with Crippen molar-refractivity contribution >= 4 is 17.2 Å². The molecule has 0 unspecified atom stereocenters. The zero-order chi connectivity index (χ0) is 17.8. The van der Waals surface area contributed by atoms with Gasteiger partial charge in [-0.1, -0.05) is 12.1 Å². The van der Waals surface area contributed by atoms with Gasteiger partial charge in [-0.25, -0.2) is 9.97 Å². The molecule has 0 bridgehead atoms. The molecular formula is C19H17N3O3S. The molecule has 1 aromatic carbocycles. The zero-order valence-electron chi connectivity index (χ0n) is 14.0. The predicted octanol–water partition coefficient (Wildman–Crippen LogP) is 3.29. The third kappa shape index (κ3) is 3.83. The maximum Gasteiger partial charge on any atom is 0.260 e. The van der Waals surface area contributed by atoms with Crippen molar-refractivity contribution in [3.63, 3.8) is 0 Å². The molecule has 0 saturated carbocycles. The van der Waals surface area contributed by atoms with Crippen LogP contribution in [0.25, 0.3) is 0 Å². The Kier molecular flexibility index (Phi) is 4.79. The van der Waals surface area contributed by atoms with Crippen LogP contribution in [0.2, 0.25) is 0 Å². The summed E-state index contributed by atoms with van der Waals surface area (Å²) in [6, 6.07) is 12.7. The molecule has 132 valence electrons. The molecule has 26 heavy (non-hydrogen) atoms. The number of fused-ring (bicyclic) bond motifs is 1. The Morgan fingerprint density at radius 1 is 1.15 bits per heavy atom. The number of rotatable bonds is 5. The highest BCUT2D eigenvalue weighted by molar-refractivity contribution is 7.09. The molecule has 1 aliphatic heterocycles. The topological polar surface area (TPSA) is 64.6 Å². The molecule has 7 heteroatoms. The van der Waals surface area contributed by atoms with E-state index < -0.39 is 0 Å². The van der Waals surface area contributed by atoms with E-state index in [1.807, 2.05) is 34.7 Å². The third-order valence-corrected chi connectivity index (χ3v) is 4.92. The van der Waals surface area contributed by atoms with Crippen molar-refractivity contribution in [2.24, 2.45) is 0 Å². The second-order valence-electron chi connectivity index (χ2n) is 5.82. The molecule has 3 heterocycles. The Bertz CT molecular complexity index is 898. The van der Waals surface area contributed by atoms with Gasteiger partial charge in [-0.3, -0.25) is 4.79 Å². The number of carbonyl (C=O) groups is 1. The van der Waals surface area contributed by atoms with Gasteiger partial charge in [0.25, 0.3) is 5.91 Å². The van der Waals surface area contributed by atoms with Crippen molar-refractivity contribution in [2.45, 2.75) is 13.0 Å². The van der Waals surface area contributed by atoms with E-state index in [2.05, 4.69) is 9.97 Å². The molecular weight excluding hydrogens is 350 g/mol. The quantitative estimate of drug-likeness (QED) is 0.692. The highest BCUT2D eigenvalue weighted by atomic mass is 32.1. The molecule has 0 radical (unpaired) electrons. The normalized spacial score (nSPS) is 13.2. The van der Waals surface area contributed by atoms with Gasteiger partial charge >= 0.3 is 0 Å². The predicted molar refractivity (Wildman–Crippen MR) is 97.5 cm³/mol. The van der Waals surface area contributed by atoms with E-state index in [0.29, 0.717) is 30.5 Å². The second-order valence-corrected chi connectivity index (χ2v) is 6.76. The lowest BCUT2D eigenvalue weighted by molar-refractivity contribution is -0.134. The molecule has 0 atom stereocenters. The lowest BCUT2D eigenvalue weighted by Crippen LogP contribution is -2.38. The zero-order valence-corrected chi connectivity index (χ0v) is 14.8. The van der Waals surface area contributed by atoms with E-state index in [0.717, 1.165) is 17.0 Å². The first-order valence-corrected chi connectivity index (χ1v) is 9.17. The first-order valence-electron chi connectivity index (χ1n) is 8.29. The highest BCUT2D eigenvalue weighted by Crippen LogP contribution is 2.24. The van der Waals surface area contributed by atoms with Gasteiger partial charge in [0.2, 0.25) is 5.88 Å². The van der Waals surface area contributed by atoms with Crippen molar-refractivity contribution in [1.29, 1.82) is 0 Å². The molecule has 0 saturated heterocycles. The number of hydrogen-bond acceptors (Lipinski definition) is 6. The van der Waals surface area contributed by atoms with Gasteiger partial charge in [-0.05, 0) is 18.2 Å². The van der Waals surface area contributed by atoms with Gasteiger partial charge in [-0.2, -0.15) is 0 Å². The summed E-state index contributed by atoms with van der Waals surface area (Å²) in [6.07, 6.45) is 2.47. The maximum absolute atomic E-state index is 12.4. The fraction of sp³-hybridized carbons (Fsp3) is 0.211. The summed E-state index contributed by atoms with van der Waals surface area (Å²) in [5.74, 6) is 1.68. The Hall–Kier alpha value is -2.93. The van der Waals surface area contributed by atoms with Crippen LogP contribution in [-0.4, -0.2) is 33.9 Å². The largest absolute Gasteiger partial charge is 0.484 e. The standard InChI is InChI=1S/C19H17N3O3S/c23-19(22-9-7-16-17(11-22)26-13-21-16)12-24-14-4-3-5-15(10-14)25-18-6-1-2-8-20-18/h1-6,8,10,13H,7,9,11-12H2. The van der Waals surface area contributed by atoms with Crippen LogP contribution in [0, 0.1) is 0 Å². The number of thiazole rings is 1. The van der Waals surface area contributed by atoms with Crippen molar-refractivity contribution in [2.75, 3.05) is 13.2 Å². The molecule has 0 N–H and O–H groups in total. The minimum atomic E-state index is -0.0277. The summed E-state index contributed by atoms with van der Waals surface area (Å²) in [5, 5.41) is 0. The summed E-state index contributed by atoms with van der Waals surface area (Å²) in [6.45, 7) is 1.30. The Balaban J connectivity index is 1.34. The van der Waals surface area contributed by atoms with E-state index in [1.54, 1.807) is 35.7 Å². The Labute approximate surface area is 155 Å². The number of benzene rings is 1. The van der Waals surface area contributed by atoms with E-state index in [-0.39, 0.29) is 12.5 Å². The second kappa shape index (κ2) is 7.53. The average Bonchev–Trinajstić information content (AvgIpc) is 3.15. The van der Waals surface area contributed by atoms with Gasteiger partial charge in [0.15, 0.2) is 6.61 Å². The molecule has 0 fully saturated rings. The summed E-state index contributed by atoms with van der Waals surface area (Å²) < 4.78 is 11.3. The average molecular weight is 367 g/mol. The molecule has 2 aromatic heterocycles. The molecule has 0 aliphatic carbocycles. The minimum absolute atomic E-state index is 0.00117. The van der Waals surface area contributed by atoms with Crippen molar-refractivity contribution < 1.29 is 14.3 Å². The maximum atomic E-state index is 12.4. The molecule has 3 aromatic rings. The highest BCUT2D eigenvalue weighted by Gasteiger charge is 2.22. The molecule has 1 amide bonds. The number of pyridine rings is 1. The van der Waals surface area contributed by atoms with Gasteiger partial charge in [0, 0.05) is 36.2 Å². The van der Waals surface area contributed by atoms with Crippen LogP contribution in [0.15, 0.2) is 54.2 Å². The van der Waals surface area contributed by atoms with Crippen molar-refractivity contribution in [3.8, 4) is 17.4 Å². The SMILES string of the molecule is O=C(COc1cccc(Oc2ccccn2)c1)N1CCc2ncsc2C1. The fourth-order valence-corrected chi connectivity index (χ4v) is 3.55. The number of ether oxygens (including phenoxy) is 2. The molecule has 1 aliphatic rings. The lowest BCUT2D eigenvalue weighted by Gasteiger charge is -2.26. The van der Waals surface area contributed by atoms with Gasteiger partial charge < -0.3 is 14.4 Å². The summed E-state index contributed by atoms with van der Waals surface area (Å²) in [5.41, 5.74) is 2.95. The number of nitrogens with zero attached hydrogens (tertiary/aromatic N) is 3. The smallest absolute Gasteiger partial charge is 0.260 e. The lowest BCUT2D eigenvalue weighted by atomic mass is 10.2. The van der Waals surface area contributed by atoms with Crippen LogP contribution in [0.4, 0.5) is 0 Å². The van der Waals surface area contributed by atoms with Crippen LogP contribution in [0.1, 0.15) is 10.6 Å². The van der Waals surface area contributed by atoms with Gasteiger partial charge in [-0.15, -0.1) is 11.3 Å². The first-order chi connectivity index (χ1) is 12.8. The molecule has 0 spiro atoms. The van der Waals surface area contributed by atoms with Crippen molar-refractivity contribution in [3.05, 3.63) is 64.7 Å². The Morgan fingerprint density at radius 3 is 2.96 bits per heavy atom. The van der Waals surface area contributed by atoms with Gasteiger partial charge in [0.1, 0.15) is 11.5 Å². The molecule has 4 rings (SSSR count). The molecule has 6 nitrogen and oxygen atoms in total.